The molecule has 0 unspecified atom stereocenters. The first kappa shape index (κ1) is 17.8. The summed E-state index contributed by atoms with van der Waals surface area (Å²) >= 11 is 0. The van der Waals surface area contributed by atoms with Gasteiger partial charge < -0.3 is 10.6 Å². The van der Waals surface area contributed by atoms with Crippen molar-refractivity contribution in [1.82, 2.24) is 5.32 Å². The Balaban J connectivity index is 1.88. The van der Waals surface area contributed by atoms with Crippen molar-refractivity contribution in [3.8, 4) is 0 Å². The third-order valence-corrected chi connectivity index (χ3v) is 6.41. The quantitative estimate of drug-likeness (QED) is 0.863. The van der Waals surface area contributed by atoms with E-state index in [1.165, 1.54) is 19.3 Å². The van der Waals surface area contributed by atoms with Crippen LogP contribution in [0, 0.1) is 0 Å². The summed E-state index contributed by atoms with van der Waals surface area (Å²) in [7, 11) is -3.11. The number of amides is 2. The molecule has 0 saturated heterocycles. The minimum atomic E-state index is -3.11. The SMILES string of the molecule is CC(C)S(=O)(=O)Cc1ccc(NC(=O)NC2CCCCC2)cc1. The molecule has 1 aliphatic rings. The van der Waals surface area contributed by atoms with Gasteiger partial charge in [0.15, 0.2) is 9.84 Å². The summed E-state index contributed by atoms with van der Waals surface area (Å²) in [6.07, 6.45) is 5.67. The van der Waals surface area contributed by atoms with Crippen molar-refractivity contribution in [2.45, 2.75) is 63.0 Å². The van der Waals surface area contributed by atoms with Crippen LogP contribution in [0.4, 0.5) is 10.5 Å². The second kappa shape index (κ2) is 7.81. The van der Waals surface area contributed by atoms with E-state index in [-0.39, 0.29) is 23.1 Å². The number of anilines is 1. The molecular weight excluding hydrogens is 312 g/mol. The fourth-order valence-corrected chi connectivity index (χ4v) is 3.67. The zero-order valence-corrected chi connectivity index (χ0v) is 14.7. The lowest BCUT2D eigenvalue weighted by atomic mass is 9.96. The monoisotopic (exact) mass is 338 g/mol. The Morgan fingerprint density at radius 1 is 1.13 bits per heavy atom. The van der Waals surface area contributed by atoms with Crippen LogP contribution >= 0.6 is 0 Å². The number of hydrogen-bond acceptors (Lipinski definition) is 3. The maximum Gasteiger partial charge on any atom is 0.319 e. The van der Waals surface area contributed by atoms with E-state index in [0.717, 1.165) is 18.4 Å². The van der Waals surface area contributed by atoms with Gasteiger partial charge in [-0.05, 0) is 44.4 Å². The number of carbonyl (C=O) groups excluding carboxylic acids is 1. The maximum absolute atomic E-state index is 12.0. The Morgan fingerprint density at radius 2 is 1.74 bits per heavy atom. The molecule has 1 aromatic rings. The van der Waals surface area contributed by atoms with E-state index in [1.54, 1.807) is 38.1 Å². The van der Waals surface area contributed by atoms with Crippen LogP contribution in [0.15, 0.2) is 24.3 Å². The summed E-state index contributed by atoms with van der Waals surface area (Å²) in [6.45, 7) is 3.36. The molecule has 0 aromatic heterocycles. The highest BCUT2D eigenvalue weighted by Crippen LogP contribution is 2.18. The number of nitrogens with one attached hydrogen (secondary N) is 2. The Hall–Kier alpha value is -1.56. The highest BCUT2D eigenvalue weighted by Gasteiger charge is 2.17. The number of hydrogen-bond donors (Lipinski definition) is 2. The zero-order chi connectivity index (χ0) is 16.9. The molecule has 2 N–H and O–H groups in total. The highest BCUT2D eigenvalue weighted by atomic mass is 32.2. The van der Waals surface area contributed by atoms with E-state index >= 15 is 0 Å². The molecule has 2 amide bonds. The van der Waals surface area contributed by atoms with E-state index in [1.807, 2.05) is 0 Å². The lowest BCUT2D eigenvalue weighted by Gasteiger charge is -2.22. The number of benzene rings is 1. The molecule has 1 fully saturated rings. The molecule has 1 saturated carbocycles. The largest absolute Gasteiger partial charge is 0.335 e. The van der Waals surface area contributed by atoms with Crippen LogP contribution in [0.2, 0.25) is 0 Å². The predicted molar refractivity (Wildman–Crippen MR) is 93.2 cm³/mol. The zero-order valence-electron chi connectivity index (χ0n) is 13.8. The van der Waals surface area contributed by atoms with Gasteiger partial charge in [0, 0.05) is 11.7 Å². The normalized spacial score (nSPS) is 16.3. The van der Waals surface area contributed by atoms with Crippen LogP contribution < -0.4 is 10.6 Å². The molecule has 5 nitrogen and oxygen atoms in total. The van der Waals surface area contributed by atoms with Gasteiger partial charge in [-0.15, -0.1) is 0 Å². The Morgan fingerprint density at radius 3 is 2.30 bits per heavy atom. The van der Waals surface area contributed by atoms with Crippen LogP contribution in [0.5, 0.6) is 0 Å². The minimum Gasteiger partial charge on any atom is -0.335 e. The summed E-state index contributed by atoms with van der Waals surface area (Å²) in [5.74, 6) is 0.0270. The van der Waals surface area contributed by atoms with Crippen LogP contribution in [-0.2, 0) is 15.6 Å². The first-order chi connectivity index (χ1) is 10.9. The molecule has 1 aliphatic carbocycles. The molecule has 2 rings (SSSR count). The standard InChI is InChI=1S/C17H26N2O3S/c1-13(2)23(21,22)12-14-8-10-16(11-9-14)19-17(20)18-15-6-4-3-5-7-15/h8-11,13,15H,3-7,12H2,1-2H3,(H2,18,19,20). The van der Waals surface area contributed by atoms with E-state index in [2.05, 4.69) is 10.6 Å². The Kier molecular flexibility index (Phi) is 6.04. The van der Waals surface area contributed by atoms with Gasteiger partial charge in [-0.1, -0.05) is 31.4 Å². The van der Waals surface area contributed by atoms with Crippen LogP contribution in [0.25, 0.3) is 0 Å². The first-order valence-electron chi connectivity index (χ1n) is 8.25. The third-order valence-electron chi connectivity index (χ3n) is 4.24. The van der Waals surface area contributed by atoms with Gasteiger partial charge in [-0.2, -0.15) is 0 Å². The van der Waals surface area contributed by atoms with Crippen molar-refractivity contribution in [2.75, 3.05) is 5.32 Å². The summed E-state index contributed by atoms with van der Waals surface area (Å²) in [4.78, 5) is 12.0. The summed E-state index contributed by atoms with van der Waals surface area (Å²) in [5, 5.41) is 5.40. The second-order valence-corrected chi connectivity index (χ2v) is 9.04. The van der Waals surface area contributed by atoms with Gasteiger partial charge in [-0.3, -0.25) is 0 Å². The average Bonchev–Trinajstić information content (AvgIpc) is 2.50. The third kappa shape index (κ3) is 5.53. The van der Waals surface area contributed by atoms with Crippen LogP contribution in [0.3, 0.4) is 0 Å². The minimum absolute atomic E-state index is 0.0270. The van der Waals surface area contributed by atoms with Gasteiger partial charge in [0.1, 0.15) is 0 Å². The molecule has 128 valence electrons. The molecule has 0 atom stereocenters. The molecule has 0 spiro atoms. The van der Waals surface area contributed by atoms with Crippen LogP contribution in [-0.4, -0.2) is 25.7 Å². The second-order valence-electron chi connectivity index (χ2n) is 6.49. The van der Waals surface area contributed by atoms with E-state index < -0.39 is 9.84 Å². The van der Waals surface area contributed by atoms with Crippen molar-refractivity contribution < 1.29 is 13.2 Å². The highest BCUT2D eigenvalue weighted by molar-refractivity contribution is 7.91. The lowest BCUT2D eigenvalue weighted by molar-refractivity contribution is 0.244. The van der Waals surface area contributed by atoms with Gasteiger partial charge in [0.2, 0.25) is 0 Å². The molecule has 6 heteroatoms. The molecule has 0 radical (unpaired) electrons. The van der Waals surface area contributed by atoms with E-state index in [4.69, 9.17) is 0 Å². The van der Waals surface area contributed by atoms with Crippen molar-refractivity contribution in [3.05, 3.63) is 29.8 Å². The van der Waals surface area contributed by atoms with Gasteiger partial charge >= 0.3 is 6.03 Å². The number of sulfone groups is 1. The summed E-state index contributed by atoms with van der Waals surface area (Å²) in [6, 6.07) is 7.04. The van der Waals surface area contributed by atoms with Crippen molar-refractivity contribution in [3.63, 3.8) is 0 Å². The van der Waals surface area contributed by atoms with Gasteiger partial charge in [0.25, 0.3) is 0 Å². The van der Waals surface area contributed by atoms with Crippen molar-refractivity contribution >= 4 is 21.6 Å². The fourth-order valence-electron chi connectivity index (χ4n) is 2.68. The Bertz CT molecular complexity index is 618. The number of rotatable bonds is 5. The molecule has 0 bridgehead atoms. The smallest absolute Gasteiger partial charge is 0.319 e. The van der Waals surface area contributed by atoms with E-state index in [9.17, 15) is 13.2 Å². The predicted octanol–water partition coefficient (Wildman–Crippen LogP) is 3.46. The molecule has 0 aliphatic heterocycles. The van der Waals surface area contributed by atoms with Crippen molar-refractivity contribution in [1.29, 1.82) is 0 Å². The summed E-state index contributed by atoms with van der Waals surface area (Å²) in [5.41, 5.74) is 1.40. The fraction of sp³-hybridized carbons (Fsp3) is 0.588. The summed E-state index contributed by atoms with van der Waals surface area (Å²) < 4.78 is 23.8. The van der Waals surface area contributed by atoms with Crippen LogP contribution in [0.1, 0.15) is 51.5 Å². The maximum atomic E-state index is 12.0. The molecule has 0 heterocycles. The Labute approximate surface area is 138 Å². The van der Waals surface area contributed by atoms with Crippen molar-refractivity contribution in [2.24, 2.45) is 0 Å². The molecule has 23 heavy (non-hydrogen) atoms. The topological polar surface area (TPSA) is 75.3 Å². The lowest BCUT2D eigenvalue weighted by Crippen LogP contribution is -2.39. The average molecular weight is 338 g/mol. The van der Waals surface area contributed by atoms with E-state index in [0.29, 0.717) is 5.69 Å². The number of urea groups is 1. The molecular formula is C17H26N2O3S. The van der Waals surface area contributed by atoms with Gasteiger partial charge in [0.05, 0.1) is 11.0 Å². The molecule has 1 aromatic carbocycles. The number of carbonyl (C=O) groups is 1. The first-order valence-corrected chi connectivity index (χ1v) is 9.96. The van der Waals surface area contributed by atoms with Gasteiger partial charge in [-0.25, -0.2) is 13.2 Å².